The second kappa shape index (κ2) is 5.46. The molecule has 1 saturated carbocycles. The fourth-order valence-corrected chi connectivity index (χ4v) is 2.74. The molecule has 98 valence electrons. The van der Waals surface area contributed by atoms with Crippen LogP contribution >= 0.6 is 27.7 Å². The highest BCUT2D eigenvalue weighted by atomic mass is 79.9. The molecule has 2 aromatic rings. The number of hydrogen-bond donors (Lipinski definition) is 1. The third kappa shape index (κ3) is 3.45. The molecule has 0 unspecified atom stereocenters. The quantitative estimate of drug-likeness (QED) is 0.867. The zero-order chi connectivity index (χ0) is 13.2. The molecule has 4 nitrogen and oxygen atoms in total. The van der Waals surface area contributed by atoms with Crippen LogP contribution in [0.4, 0.5) is 5.95 Å². The molecule has 0 bridgehead atoms. The normalized spacial score (nSPS) is 14.6. The highest BCUT2D eigenvalue weighted by molar-refractivity contribution is 9.10. The molecule has 1 aromatic heterocycles. The maximum absolute atomic E-state index is 5.74. The summed E-state index contributed by atoms with van der Waals surface area (Å²) in [6.07, 6.45) is 2.34. The van der Waals surface area contributed by atoms with Crippen molar-refractivity contribution in [2.75, 3.05) is 5.73 Å². The Hall–Kier alpha value is -1.14. The van der Waals surface area contributed by atoms with Crippen molar-refractivity contribution in [1.29, 1.82) is 0 Å². The molecule has 19 heavy (non-hydrogen) atoms. The van der Waals surface area contributed by atoms with E-state index in [2.05, 4.69) is 43.0 Å². The van der Waals surface area contributed by atoms with Crippen LogP contribution in [0.3, 0.4) is 0 Å². The lowest BCUT2D eigenvalue weighted by atomic mass is 10.4. The summed E-state index contributed by atoms with van der Waals surface area (Å²) >= 11 is 5.13. The molecule has 1 fully saturated rings. The summed E-state index contributed by atoms with van der Waals surface area (Å²) in [5, 5.41) is 0. The molecule has 1 aliphatic rings. The smallest absolute Gasteiger partial charge is 0.223 e. The predicted molar refractivity (Wildman–Crippen MR) is 79.9 cm³/mol. The van der Waals surface area contributed by atoms with Gasteiger partial charge in [-0.3, -0.25) is 0 Å². The molecule has 0 radical (unpaired) electrons. The van der Waals surface area contributed by atoms with Gasteiger partial charge in [0.2, 0.25) is 5.95 Å². The number of nitrogens with two attached hydrogens (primary N) is 1. The molecule has 1 heterocycles. The summed E-state index contributed by atoms with van der Waals surface area (Å²) < 4.78 is 1.08. The van der Waals surface area contributed by atoms with Crippen LogP contribution in [-0.4, -0.2) is 15.0 Å². The van der Waals surface area contributed by atoms with E-state index >= 15 is 0 Å². The number of benzene rings is 1. The van der Waals surface area contributed by atoms with Gasteiger partial charge in [0.15, 0.2) is 0 Å². The molecule has 1 aliphatic carbocycles. The van der Waals surface area contributed by atoms with Crippen molar-refractivity contribution >= 4 is 33.6 Å². The van der Waals surface area contributed by atoms with Crippen LogP contribution in [0.25, 0.3) is 0 Å². The minimum atomic E-state index is 0.336. The molecule has 0 aliphatic heterocycles. The van der Waals surface area contributed by atoms with Crippen molar-refractivity contribution in [2.24, 2.45) is 0 Å². The fraction of sp³-hybridized carbons (Fsp3) is 0.308. The maximum Gasteiger partial charge on any atom is 0.223 e. The summed E-state index contributed by atoms with van der Waals surface area (Å²) in [5.41, 5.74) is 5.74. The summed E-state index contributed by atoms with van der Waals surface area (Å²) in [6.45, 7) is 0. The first-order chi connectivity index (χ1) is 9.20. The summed E-state index contributed by atoms with van der Waals surface area (Å²) in [5.74, 6) is 3.18. The second-order valence-corrected chi connectivity index (χ2v) is 6.45. The van der Waals surface area contributed by atoms with Crippen LogP contribution < -0.4 is 5.73 Å². The third-order valence-electron chi connectivity index (χ3n) is 2.84. The number of nitrogen functional groups attached to an aromatic ring is 1. The topological polar surface area (TPSA) is 64.7 Å². The highest BCUT2D eigenvalue weighted by Crippen LogP contribution is 2.38. The highest BCUT2D eigenvalue weighted by Gasteiger charge is 2.27. The van der Waals surface area contributed by atoms with Crippen molar-refractivity contribution in [3.05, 3.63) is 40.4 Å². The van der Waals surface area contributed by atoms with Gasteiger partial charge in [0, 0.05) is 15.3 Å². The van der Waals surface area contributed by atoms with Gasteiger partial charge < -0.3 is 5.73 Å². The van der Waals surface area contributed by atoms with Gasteiger partial charge in [0.25, 0.3) is 0 Å². The fourth-order valence-electron chi connectivity index (χ4n) is 1.72. The Kier molecular flexibility index (Phi) is 3.70. The summed E-state index contributed by atoms with van der Waals surface area (Å²) in [4.78, 5) is 14.1. The van der Waals surface area contributed by atoms with Crippen LogP contribution in [0, 0.1) is 0 Å². The van der Waals surface area contributed by atoms with Crippen molar-refractivity contribution in [3.8, 4) is 0 Å². The van der Waals surface area contributed by atoms with E-state index in [1.807, 2.05) is 12.1 Å². The van der Waals surface area contributed by atoms with Gasteiger partial charge in [-0.15, -0.1) is 11.8 Å². The average Bonchev–Trinajstić information content (AvgIpc) is 3.22. The molecule has 0 saturated heterocycles. The van der Waals surface area contributed by atoms with E-state index in [0.717, 1.165) is 16.1 Å². The van der Waals surface area contributed by atoms with Gasteiger partial charge >= 0.3 is 0 Å². The second-order valence-electron chi connectivity index (χ2n) is 4.48. The number of rotatable bonds is 4. The number of anilines is 1. The Morgan fingerprint density at radius 2 is 1.89 bits per heavy atom. The molecule has 2 N–H and O–H groups in total. The molecule has 6 heteroatoms. The number of hydrogen-bond acceptors (Lipinski definition) is 5. The standard InChI is InChI=1S/C13H13BrN4S/c14-9-3-5-10(6-4-9)19-7-11-16-12(8-1-2-8)18-13(15)17-11/h3-6,8H,1-2,7H2,(H2,15,16,17,18). The van der Waals surface area contributed by atoms with E-state index < -0.39 is 0 Å². The number of thioether (sulfide) groups is 1. The van der Waals surface area contributed by atoms with Gasteiger partial charge in [-0.05, 0) is 37.1 Å². The van der Waals surface area contributed by atoms with E-state index in [0.29, 0.717) is 17.6 Å². The Labute approximate surface area is 124 Å². The number of nitrogens with zero attached hydrogens (tertiary/aromatic N) is 3. The SMILES string of the molecule is Nc1nc(CSc2ccc(Br)cc2)nc(C2CC2)n1. The van der Waals surface area contributed by atoms with Crippen LogP contribution in [0.5, 0.6) is 0 Å². The van der Waals surface area contributed by atoms with Crippen molar-refractivity contribution < 1.29 is 0 Å². The zero-order valence-corrected chi connectivity index (χ0v) is 12.6. The van der Waals surface area contributed by atoms with Gasteiger partial charge in [0.1, 0.15) is 11.6 Å². The first-order valence-electron chi connectivity index (χ1n) is 6.09. The van der Waals surface area contributed by atoms with Crippen molar-refractivity contribution in [2.45, 2.75) is 29.4 Å². The van der Waals surface area contributed by atoms with E-state index in [1.165, 1.54) is 17.7 Å². The van der Waals surface area contributed by atoms with Crippen LogP contribution in [0.1, 0.15) is 30.4 Å². The summed E-state index contributed by atoms with van der Waals surface area (Å²) in [7, 11) is 0. The van der Waals surface area contributed by atoms with Crippen molar-refractivity contribution in [1.82, 2.24) is 15.0 Å². The maximum atomic E-state index is 5.74. The first-order valence-corrected chi connectivity index (χ1v) is 7.87. The van der Waals surface area contributed by atoms with Gasteiger partial charge in [-0.25, -0.2) is 4.98 Å². The predicted octanol–water partition coefficient (Wildman–Crippen LogP) is 3.39. The molecular weight excluding hydrogens is 324 g/mol. The van der Waals surface area contributed by atoms with Gasteiger partial charge in [-0.2, -0.15) is 9.97 Å². The van der Waals surface area contributed by atoms with Crippen LogP contribution in [0.15, 0.2) is 33.6 Å². The lowest BCUT2D eigenvalue weighted by molar-refractivity contribution is 0.858. The zero-order valence-electron chi connectivity index (χ0n) is 10.2. The minimum absolute atomic E-state index is 0.336. The van der Waals surface area contributed by atoms with Gasteiger partial charge in [-0.1, -0.05) is 15.9 Å². The molecule has 0 spiro atoms. The Morgan fingerprint density at radius 1 is 1.16 bits per heavy atom. The van der Waals surface area contributed by atoms with E-state index in [9.17, 15) is 0 Å². The number of halogens is 1. The lowest BCUT2D eigenvalue weighted by Gasteiger charge is -2.04. The molecule has 0 atom stereocenters. The van der Waals surface area contributed by atoms with Gasteiger partial charge in [0.05, 0.1) is 5.75 Å². The van der Waals surface area contributed by atoms with Crippen LogP contribution in [-0.2, 0) is 5.75 Å². The minimum Gasteiger partial charge on any atom is -0.368 e. The Bertz CT molecular complexity index is 584. The molecule has 3 rings (SSSR count). The largest absolute Gasteiger partial charge is 0.368 e. The summed E-state index contributed by atoms with van der Waals surface area (Å²) in [6, 6.07) is 8.20. The first kappa shape index (κ1) is 12.9. The lowest BCUT2D eigenvalue weighted by Crippen LogP contribution is -2.05. The van der Waals surface area contributed by atoms with E-state index in [4.69, 9.17) is 5.73 Å². The van der Waals surface area contributed by atoms with Crippen LogP contribution in [0.2, 0.25) is 0 Å². The third-order valence-corrected chi connectivity index (χ3v) is 4.38. The van der Waals surface area contributed by atoms with E-state index in [1.54, 1.807) is 11.8 Å². The van der Waals surface area contributed by atoms with Crippen molar-refractivity contribution in [3.63, 3.8) is 0 Å². The number of aromatic nitrogens is 3. The molecular formula is C13H13BrN4S. The molecule has 0 amide bonds. The molecule has 1 aromatic carbocycles. The Morgan fingerprint density at radius 3 is 2.58 bits per heavy atom. The van der Waals surface area contributed by atoms with E-state index in [-0.39, 0.29) is 0 Å². The average molecular weight is 337 g/mol. The Balaban J connectivity index is 1.70. The monoisotopic (exact) mass is 336 g/mol.